The SMILES string of the molecule is CCc1ccc(-c2noc(C3=C(C)N(c4ccc(F)cc4)C(=S)NC3c3ccc(C)cc3)n2)cc1. The first-order valence-corrected chi connectivity index (χ1v) is 11.9. The van der Waals surface area contributed by atoms with Gasteiger partial charge in [-0.2, -0.15) is 4.98 Å². The van der Waals surface area contributed by atoms with Crippen LogP contribution in [0.5, 0.6) is 0 Å². The molecule has 0 radical (unpaired) electrons. The van der Waals surface area contributed by atoms with Crippen molar-refractivity contribution < 1.29 is 8.91 Å². The maximum absolute atomic E-state index is 13.6. The third-order valence-electron chi connectivity index (χ3n) is 6.26. The van der Waals surface area contributed by atoms with Crippen molar-refractivity contribution in [3.63, 3.8) is 0 Å². The second-order valence-electron chi connectivity index (χ2n) is 8.58. The van der Waals surface area contributed by atoms with Gasteiger partial charge in [0.25, 0.3) is 5.89 Å². The van der Waals surface area contributed by atoms with Crippen LogP contribution in [0.3, 0.4) is 0 Å². The summed E-state index contributed by atoms with van der Waals surface area (Å²) < 4.78 is 19.4. The standard InChI is InChI=1S/C28H25FN4OS/c1-4-19-7-11-21(12-8-19)26-31-27(34-32-26)24-18(3)33(23-15-13-22(29)14-16-23)28(35)30-25(24)20-9-5-17(2)6-10-20/h5-16,25H,4H2,1-3H3,(H,30,35). The number of benzene rings is 3. The van der Waals surface area contributed by atoms with Gasteiger partial charge in [-0.05, 0) is 67.9 Å². The van der Waals surface area contributed by atoms with Gasteiger partial charge in [-0.1, -0.05) is 66.2 Å². The number of halogens is 1. The summed E-state index contributed by atoms with van der Waals surface area (Å²) in [5.74, 6) is 0.622. The molecule has 0 amide bonds. The minimum Gasteiger partial charge on any atom is -0.351 e. The zero-order valence-corrected chi connectivity index (χ0v) is 20.6. The lowest BCUT2D eigenvalue weighted by molar-refractivity contribution is 0.404. The van der Waals surface area contributed by atoms with Crippen molar-refractivity contribution in [3.05, 3.63) is 107 Å². The smallest absolute Gasteiger partial charge is 0.258 e. The summed E-state index contributed by atoms with van der Waals surface area (Å²) in [4.78, 5) is 6.63. The Balaban J connectivity index is 1.62. The lowest BCUT2D eigenvalue weighted by Crippen LogP contribution is -2.46. The second kappa shape index (κ2) is 9.43. The third-order valence-corrected chi connectivity index (χ3v) is 6.56. The first-order valence-electron chi connectivity index (χ1n) is 11.5. The van der Waals surface area contributed by atoms with Gasteiger partial charge in [0, 0.05) is 16.9 Å². The Morgan fingerprint density at radius 2 is 1.66 bits per heavy atom. The van der Waals surface area contributed by atoms with Crippen LogP contribution in [0, 0.1) is 12.7 Å². The maximum Gasteiger partial charge on any atom is 0.258 e. The first kappa shape index (κ1) is 22.9. The van der Waals surface area contributed by atoms with Crippen LogP contribution in [0.4, 0.5) is 10.1 Å². The fraction of sp³-hybridized carbons (Fsp3) is 0.179. The van der Waals surface area contributed by atoms with Crippen molar-refractivity contribution in [1.29, 1.82) is 0 Å². The molecule has 0 saturated carbocycles. The monoisotopic (exact) mass is 484 g/mol. The summed E-state index contributed by atoms with van der Waals surface area (Å²) >= 11 is 5.75. The quantitative estimate of drug-likeness (QED) is 0.322. The number of anilines is 1. The first-order chi connectivity index (χ1) is 16.9. The van der Waals surface area contributed by atoms with Crippen LogP contribution in [0.15, 0.2) is 83.0 Å². The molecule has 7 heteroatoms. The number of thiocarbonyl (C=S) groups is 1. The molecule has 4 aromatic rings. The number of hydrogen-bond acceptors (Lipinski definition) is 4. The largest absolute Gasteiger partial charge is 0.351 e. The number of allylic oxidation sites excluding steroid dienone is 1. The molecule has 35 heavy (non-hydrogen) atoms. The van der Waals surface area contributed by atoms with Gasteiger partial charge in [0.05, 0.1) is 11.6 Å². The predicted octanol–water partition coefficient (Wildman–Crippen LogP) is 6.61. The maximum atomic E-state index is 13.6. The molecule has 2 heterocycles. The molecule has 1 aromatic heterocycles. The highest BCUT2D eigenvalue weighted by atomic mass is 32.1. The van der Waals surface area contributed by atoms with Crippen LogP contribution in [0.25, 0.3) is 17.0 Å². The Kier molecular flexibility index (Phi) is 6.17. The average Bonchev–Trinajstić information content (AvgIpc) is 3.35. The molecule has 1 aliphatic heterocycles. The number of hydrogen-bond donors (Lipinski definition) is 1. The van der Waals surface area contributed by atoms with Gasteiger partial charge in [-0.15, -0.1) is 0 Å². The molecule has 5 rings (SSSR count). The van der Waals surface area contributed by atoms with Gasteiger partial charge < -0.3 is 9.84 Å². The average molecular weight is 485 g/mol. The molecule has 3 aromatic carbocycles. The summed E-state index contributed by atoms with van der Waals surface area (Å²) in [5, 5.41) is 8.22. The number of nitrogens with zero attached hydrogens (tertiary/aromatic N) is 3. The predicted molar refractivity (Wildman–Crippen MR) is 140 cm³/mol. The number of nitrogens with one attached hydrogen (secondary N) is 1. The Labute approximate surface area is 209 Å². The van der Waals surface area contributed by atoms with E-state index in [2.05, 4.69) is 60.7 Å². The molecule has 0 spiro atoms. The van der Waals surface area contributed by atoms with E-state index in [4.69, 9.17) is 21.7 Å². The van der Waals surface area contributed by atoms with Crippen molar-refractivity contribution in [1.82, 2.24) is 15.5 Å². The van der Waals surface area contributed by atoms with Crippen molar-refractivity contribution in [3.8, 4) is 11.4 Å². The molecule has 1 N–H and O–H groups in total. The van der Waals surface area contributed by atoms with E-state index in [1.165, 1.54) is 17.7 Å². The van der Waals surface area contributed by atoms with E-state index in [0.717, 1.165) is 40.1 Å². The summed E-state index contributed by atoms with van der Waals surface area (Å²) in [7, 11) is 0. The van der Waals surface area contributed by atoms with Crippen LogP contribution >= 0.6 is 12.2 Å². The molecule has 5 nitrogen and oxygen atoms in total. The van der Waals surface area contributed by atoms with E-state index in [-0.39, 0.29) is 11.9 Å². The fourth-order valence-corrected chi connectivity index (χ4v) is 4.63. The van der Waals surface area contributed by atoms with Gasteiger partial charge in [-0.3, -0.25) is 4.90 Å². The summed E-state index contributed by atoms with van der Waals surface area (Å²) in [6.45, 7) is 6.14. The Morgan fingerprint density at radius 3 is 2.31 bits per heavy atom. The Morgan fingerprint density at radius 1 is 0.971 bits per heavy atom. The molecule has 0 bridgehead atoms. The second-order valence-corrected chi connectivity index (χ2v) is 8.96. The van der Waals surface area contributed by atoms with Crippen LogP contribution in [0.2, 0.25) is 0 Å². The lowest BCUT2D eigenvalue weighted by atomic mass is 9.94. The number of aryl methyl sites for hydroxylation is 2. The van der Waals surface area contributed by atoms with Crippen LogP contribution in [0.1, 0.15) is 42.5 Å². The molecule has 0 saturated heterocycles. The van der Waals surface area contributed by atoms with E-state index in [0.29, 0.717) is 16.8 Å². The highest BCUT2D eigenvalue weighted by Gasteiger charge is 2.34. The summed E-state index contributed by atoms with van der Waals surface area (Å²) in [6, 6.07) is 22.4. The van der Waals surface area contributed by atoms with Gasteiger partial charge in [0.15, 0.2) is 5.11 Å². The lowest BCUT2D eigenvalue weighted by Gasteiger charge is -2.37. The van der Waals surface area contributed by atoms with Gasteiger partial charge >= 0.3 is 0 Å². The molecular weight excluding hydrogens is 459 g/mol. The van der Waals surface area contributed by atoms with Crippen LogP contribution in [-0.4, -0.2) is 15.3 Å². The van der Waals surface area contributed by atoms with E-state index >= 15 is 0 Å². The van der Waals surface area contributed by atoms with E-state index in [9.17, 15) is 4.39 Å². The normalized spacial score (nSPS) is 15.9. The third kappa shape index (κ3) is 4.47. The summed E-state index contributed by atoms with van der Waals surface area (Å²) in [6.07, 6.45) is 0.965. The Hall–Kier alpha value is -3.84. The van der Waals surface area contributed by atoms with E-state index in [1.807, 2.05) is 24.0 Å². The number of rotatable bonds is 5. The molecular formula is C28H25FN4OS. The molecule has 176 valence electrons. The van der Waals surface area contributed by atoms with Gasteiger partial charge in [0.2, 0.25) is 5.82 Å². The highest BCUT2D eigenvalue weighted by molar-refractivity contribution is 7.80. The minimum atomic E-state index is -0.306. The topological polar surface area (TPSA) is 54.2 Å². The minimum absolute atomic E-state index is 0.282. The Bertz CT molecular complexity index is 1390. The fourth-order valence-electron chi connectivity index (χ4n) is 4.27. The molecule has 1 unspecified atom stereocenters. The van der Waals surface area contributed by atoms with E-state index < -0.39 is 0 Å². The molecule has 1 aliphatic rings. The van der Waals surface area contributed by atoms with Crippen LogP contribution in [-0.2, 0) is 6.42 Å². The molecule has 1 atom stereocenters. The zero-order valence-electron chi connectivity index (χ0n) is 19.7. The van der Waals surface area contributed by atoms with Gasteiger partial charge in [0.1, 0.15) is 5.82 Å². The number of aromatic nitrogens is 2. The zero-order chi connectivity index (χ0) is 24.5. The van der Waals surface area contributed by atoms with Crippen molar-refractivity contribution in [2.24, 2.45) is 0 Å². The molecule has 0 fully saturated rings. The van der Waals surface area contributed by atoms with Crippen molar-refractivity contribution in [2.45, 2.75) is 33.2 Å². The van der Waals surface area contributed by atoms with Crippen molar-refractivity contribution >= 4 is 28.6 Å². The van der Waals surface area contributed by atoms with Gasteiger partial charge in [-0.25, -0.2) is 4.39 Å². The van der Waals surface area contributed by atoms with Crippen LogP contribution < -0.4 is 10.2 Å². The van der Waals surface area contributed by atoms with Crippen molar-refractivity contribution in [2.75, 3.05) is 4.90 Å². The molecule has 0 aliphatic carbocycles. The van der Waals surface area contributed by atoms with E-state index in [1.54, 1.807) is 12.1 Å². The highest BCUT2D eigenvalue weighted by Crippen LogP contribution is 2.39. The summed E-state index contributed by atoms with van der Waals surface area (Å²) in [5.41, 5.74) is 6.72.